The van der Waals surface area contributed by atoms with Crippen LogP contribution in [-0.2, 0) is 9.05 Å². The summed E-state index contributed by atoms with van der Waals surface area (Å²) in [5.74, 6) is 1.20. The van der Waals surface area contributed by atoms with Crippen LogP contribution in [0.3, 0.4) is 0 Å². The molecule has 2 unspecified atom stereocenters. The fourth-order valence-electron chi connectivity index (χ4n) is 3.14. The van der Waals surface area contributed by atoms with Crippen molar-refractivity contribution in [3.05, 3.63) is 17.0 Å². The van der Waals surface area contributed by atoms with Gasteiger partial charge in [0.25, 0.3) is 15.0 Å². The lowest BCUT2D eigenvalue weighted by molar-refractivity contribution is 0.0781. The number of hydrogen-bond acceptors (Lipinski definition) is 4. The highest BCUT2D eigenvalue weighted by Gasteiger charge is 2.38. The molecule has 1 aromatic rings. The molecule has 1 saturated carbocycles. The van der Waals surface area contributed by atoms with Crippen LogP contribution in [0, 0.1) is 11.8 Å². The number of carbonyl (C=O) groups is 1. The third-order valence-corrected chi connectivity index (χ3v) is 7.12. The van der Waals surface area contributed by atoms with E-state index >= 15 is 0 Å². The number of rotatable bonds is 2. The van der Waals surface area contributed by atoms with E-state index in [0.29, 0.717) is 17.4 Å². The largest absolute Gasteiger partial charge is 0.338 e. The number of thiophene rings is 1. The first-order chi connectivity index (χ1) is 8.95. The van der Waals surface area contributed by atoms with Crippen molar-refractivity contribution in [1.29, 1.82) is 0 Å². The molecule has 2 aliphatic rings. The fourth-order valence-corrected chi connectivity index (χ4v) is 5.08. The maximum atomic E-state index is 12.3. The zero-order valence-electron chi connectivity index (χ0n) is 10.2. The van der Waals surface area contributed by atoms with Gasteiger partial charge in [0.2, 0.25) is 0 Å². The predicted octanol–water partition coefficient (Wildman–Crippen LogP) is 2.55. The monoisotopic (exact) mass is 319 g/mol. The molecule has 3 rings (SSSR count). The molecule has 1 aromatic heterocycles. The second-order valence-electron chi connectivity index (χ2n) is 5.25. The van der Waals surface area contributed by atoms with E-state index in [-0.39, 0.29) is 10.1 Å². The van der Waals surface area contributed by atoms with Gasteiger partial charge < -0.3 is 4.90 Å². The summed E-state index contributed by atoms with van der Waals surface area (Å²) in [7, 11) is 1.54. The van der Waals surface area contributed by atoms with Crippen molar-refractivity contribution >= 4 is 37.0 Å². The van der Waals surface area contributed by atoms with E-state index in [1.165, 1.54) is 25.3 Å². The molecule has 0 N–H and O–H groups in total. The Bertz CT molecular complexity index is 598. The molecule has 0 spiro atoms. The SMILES string of the molecule is O=C(c1csc(S(=O)(=O)Cl)c1)N1CC2CCCC2C1. The number of hydrogen-bond donors (Lipinski definition) is 0. The van der Waals surface area contributed by atoms with Crippen LogP contribution in [0.1, 0.15) is 29.6 Å². The zero-order valence-corrected chi connectivity index (χ0v) is 12.6. The van der Waals surface area contributed by atoms with Gasteiger partial charge in [0.05, 0.1) is 5.56 Å². The van der Waals surface area contributed by atoms with Crippen LogP contribution in [-0.4, -0.2) is 32.3 Å². The Morgan fingerprint density at radius 2 is 1.95 bits per heavy atom. The topological polar surface area (TPSA) is 54.5 Å². The van der Waals surface area contributed by atoms with Crippen LogP contribution in [0.2, 0.25) is 0 Å². The summed E-state index contributed by atoms with van der Waals surface area (Å²) in [5.41, 5.74) is 0.434. The van der Waals surface area contributed by atoms with Crippen LogP contribution in [0.4, 0.5) is 0 Å². The fraction of sp³-hybridized carbons (Fsp3) is 0.583. The lowest BCUT2D eigenvalue weighted by atomic mass is 10.0. The van der Waals surface area contributed by atoms with Crippen molar-refractivity contribution in [3.8, 4) is 0 Å². The second kappa shape index (κ2) is 4.75. The van der Waals surface area contributed by atoms with Gasteiger partial charge in [0, 0.05) is 29.2 Å². The van der Waals surface area contributed by atoms with Crippen LogP contribution in [0.25, 0.3) is 0 Å². The molecule has 2 fully saturated rings. The zero-order chi connectivity index (χ0) is 13.6. The summed E-state index contributed by atoms with van der Waals surface area (Å²) in [6.45, 7) is 1.62. The molecule has 0 bridgehead atoms. The maximum absolute atomic E-state index is 12.3. The van der Waals surface area contributed by atoms with E-state index in [9.17, 15) is 13.2 Å². The predicted molar refractivity (Wildman–Crippen MR) is 74.1 cm³/mol. The number of amides is 1. The van der Waals surface area contributed by atoms with Gasteiger partial charge in [0.1, 0.15) is 4.21 Å². The minimum absolute atomic E-state index is 0.0388. The first kappa shape index (κ1) is 13.4. The first-order valence-corrected chi connectivity index (χ1v) is 9.46. The molecule has 1 saturated heterocycles. The third-order valence-electron chi connectivity index (χ3n) is 4.08. The molecule has 104 valence electrons. The van der Waals surface area contributed by atoms with Crippen molar-refractivity contribution in [3.63, 3.8) is 0 Å². The minimum atomic E-state index is -3.73. The van der Waals surface area contributed by atoms with Crippen LogP contribution >= 0.6 is 22.0 Å². The van der Waals surface area contributed by atoms with E-state index < -0.39 is 9.05 Å². The van der Waals surface area contributed by atoms with E-state index in [2.05, 4.69) is 0 Å². The summed E-state index contributed by atoms with van der Waals surface area (Å²) < 4.78 is 22.4. The molecular weight excluding hydrogens is 306 g/mol. The molecule has 1 aliphatic carbocycles. The van der Waals surface area contributed by atoms with Gasteiger partial charge in [-0.2, -0.15) is 0 Å². The Labute approximate surface area is 120 Å². The molecule has 7 heteroatoms. The van der Waals surface area contributed by atoms with Gasteiger partial charge in [-0.15, -0.1) is 11.3 Å². The highest BCUT2D eigenvalue weighted by molar-refractivity contribution is 8.15. The Morgan fingerprint density at radius 3 is 2.47 bits per heavy atom. The standard InChI is InChI=1S/C12H14ClNO3S2/c13-19(16,17)11-4-10(7-18-11)12(15)14-5-8-2-1-3-9(8)6-14/h4,7-9H,1-3,5-6H2. The maximum Gasteiger partial charge on any atom is 0.270 e. The Morgan fingerprint density at radius 1 is 1.32 bits per heavy atom. The normalized spacial score (nSPS) is 26.7. The minimum Gasteiger partial charge on any atom is -0.338 e. The molecule has 0 aromatic carbocycles. The third kappa shape index (κ3) is 2.53. The molecule has 0 radical (unpaired) electrons. The van der Waals surface area contributed by atoms with Crippen LogP contribution < -0.4 is 0 Å². The van der Waals surface area contributed by atoms with Gasteiger partial charge >= 0.3 is 0 Å². The molecular formula is C12H14ClNO3S2. The van der Waals surface area contributed by atoms with E-state index in [0.717, 1.165) is 24.4 Å². The van der Waals surface area contributed by atoms with Gasteiger partial charge in [-0.3, -0.25) is 4.79 Å². The quantitative estimate of drug-likeness (QED) is 0.787. The summed E-state index contributed by atoms with van der Waals surface area (Å²) in [4.78, 5) is 14.2. The van der Waals surface area contributed by atoms with Crippen LogP contribution in [0.5, 0.6) is 0 Å². The summed E-state index contributed by atoms with van der Waals surface area (Å²) in [5, 5.41) is 1.58. The van der Waals surface area contributed by atoms with Gasteiger partial charge in [-0.05, 0) is 30.7 Å². The number of carbonyl (C=O) groups excluding carboxylic acids is 1. The smallest absolute Gasteiger partial charge is 0.270 e. The number of halogens is 1. The van der Waals surface area contributed by atoms with E-state index in [1.54, 1.807) is 5.38 Å². The molecule has 19 heavy (non-hydrogen) atoms. The van der Waals surface area contributed by atoms with Crippen molar-refractivity contribution < 1.29 is 13.2 Å². The van der Waals surface area contributed by atoms with Crippen molar-refractivity contribution in [2.24, 2.45) is 11.8 Å². The average molecular weight is 320 g/mol. The molecule has 2 atom stereocenters. The van der Waals surface area contributed by atoms with E-state index in [4.69, 9.17) is 10.7 Å². The summed E-state index contributed by atoms with van der Waals surface area (Å²) >= 11 is 0.998. The summed E-state index contributed by atoms with van der Waals surface area (Å²) in [6.07, 6.45) is 3.68. The van der Waals surface area contributed by atoms with Gasteiger partial charge in [0.15, 0.2) is 0 Å². The number of nitrogens with zero attached hydrogens (tertiary/aromatic N) is 1. The molecule has 2 heterocycles. The van der Waals surface area contributed by atoms with Crippen molar-refractivity contribution in [2.45, 2.75) is 23.5 Å². The number of fused-ring (bicyclic) bond motifs is 1. The Hall–Kier alpha value is -0.590. The van der Waals surface area contributed by atoms with Gasteiger partial charge in [-0.1, -0.05) is 6.42 Å². The Kier molecular flexibility index (Phi) is 3.35. The molecule has 4 nitrogen and oxygen atoms in total. The summed E-state index contributed by atoms with van der Waals surface area (Å²) in [6, 6.07) is 1.38. The van der Waals surface area contributed by atoms with Crippen molar-refractivity contribution in [1.82, 2.24) is 4.90 Å². The Balaban J connectivity index is 1.76. The lowest BCUT2D eigenvalue weighted by Gasteiger charge is -2.16. The molecule has 1 amide bonds. The average Bonchev–Trinajstić information content (AvgIpc) is 3.01. The second-order valence-corrected chi connectivity index (χ2v) is 8.96. The van der Waals surface area contributed by atoms with Crippen LogP contribution in [0.15, 0.2) is 15.7 Å². The highest BCUT2D eigenvalue weighted by Crippen LogP contribution is 2.38. The first-order valence-electron chi connectivity index (χ1n) is 6.27. The van der Waals surface area contributed by atoms with Crippen molar-refractivity contribution in [2.75, 3.05) is 13.1 Å². The molecule has 1 aliphatic heterocycles. The van der Waals surface area contributed by atoms with Gasteiger partial charge in [-0.25, -0.2) is 8.42 Å². The van der Waals surface area contributed by atoms with E-state index in [1.807, 2.05) is 4.90 Å². The lowest BCUT2D eigenvalue weighted by Crippen LogP contribution is -2.29. The highest BCUT2D eigenvalue weighted by atomic mass is 35.7. The number of likely N-dealkylation sites (tertiary alicyclic amines) is 1.